The molecule has 3 rings (SSSR count). The molecule has 0 spiro atoms. The van der Waals surface area contributed by atoms with Gasteiger partial charge < -0.3 is 14.4 Å². The molecule has 2 heterocycles. The van der Waals surface area contributed by atoms with Gasteiger partial charge in [-0.05, 0) is 33.1 Å². The Morgan fingerprint density at radius 2 is 2.05 bits per heavy atom. The molecule has 1 aliphatic heterocycles. The molecule has 0 radical (unpaired) electrons. The van der Waals surface area contributed by atoms with Gasteiger partial charge in [-0.3, -0.25) is 9.48 Å². The van der Waals surface area contributed by atoms with Crippen LogP contribution in [0, 0.1) is 0 Å². The molecule has 0 saturated carbocycles. The van der Waals surface area contributed by atoms with E-state index in [0.29, 0.717) is 18.8 Å². The molecule has 114 valence electrons. The average Bonchev–Trinajstić information content (AvgIpc) is 3.01. The minimum Gasteiger partial charge on any atom is -0.372 e. The summed E-state index contributed by atoms with van der Waals surface area (Å²) in [5.74, 6) is -0.0280. The summed E-state index contributed by atoms with van der Waals surface area (Å²) < 4.78 is 7.36. The number of ether oxygens (including phenoxy) is 1. The number of aromatic nitrogens is 2. The van der Waals surface area contributed by atoms with Gasteiger partial charge in [-0.2, -0.15) is 5.10 Å². The Bertz CT molecular complexity index is 557. The molecule has 6 nitrogen and oxygen atoms in total. The first-order chi connectivity index (χ1) is 10.1. The first-order valence-electron chi connectivity index (χ1n) is 7.57. The molecular formula is C15H21N3O3. The first-order valence-corrected chi connectivity index (χ1v) is 7.57. The summed E-state index contributed by atoms with van der Waals surface area (Å²) in [5, 5.41) is 4.40. The van der Waals surface area contributed by atoms with Gasteiger partial charge in [0.15, 0.2) is 5.69 Å². The number of carbonyl (C=O) groups is 2. The van der Waals surface area contributed by atoms with Crippen molar-refractivity contribution in [2.45, 2.75) is 51.9 Å². The van der Waals surface area contributed by atoms with E-state index < -0.39 is 0 Å². The largest absolute Gasteiger partial charge is 0.372 e. The summed E-state index contributed by atoms with van der Waals surface area (Å²) in [7, 11) is 0. The number of amides is 1. The lowest BCUT2D eigenvalue weighted by Gasteiger charge is -2.35. The van der Waals surface area contributed by atoms with E-state index in [0.717, 1.165) is 36.8 Å². The fourth-order valence-corrected chi connectivity index (χ4v) is 3.40. The van der Waals surface area contributed by atoms with E-state index in [4.69, 9.17) is 4.74 Å². The number of nitrogens with zero attached hydrogens (tertiary/aromatic N) is 3. The highest BCUT2D eigenvalue weighted by atomic mass is 16.5. The monoisotopic (exact) mass is 291 g/mol. The second-order valence-corrected chi connectivity index (χ2v) is 5.94. The number of carbonyl (C=O) groups excluding carboxylic acids is 2. The zero-order valence-corrected chi connectivity index (χ0v) is 12.5. The van der Waals surface area contributed by atoms with Crippen molar-refractivity contribution in [3.8, 4) is 0 Å². The minimum absolute atomic E-state index is 0.0280. The van der Waals surface area contributed by atoms with Crippen molar-refractivity contribution in [2.75, 3.05) is 13.1 Å². The third kappa shape index (κ3) is 2.60. The van der Waals surface area contributed by atoms with Gasteiger partial charge in [0.25, 0.3) is 5.91 Å². The van der Waals surface area contributed by atoms with Crippen LogP contribution in [0.15, 0.2) is 0 Å². The van der Waals surface area contributed by atoms with Crippen LogP contribution >= 0.6 is 0 Å². The zero-order valence-electron chi connectivity index (χ0n) is 12.5. The summed E-state index contributed by atoms with van der Waals surface area (Å²) >= 11 is 0. The molecule has 2 aliphatic rings. The maximum Gasteiger partial charge on any atom is 0.274 e. The Kier molecular flexibility index (Phi) is 3.80. The number of fused-ring (bicyclic) bond motifs is 1. The van der Waals surface area contributed by atoms with Gasteiger partial charge in [-0.15, -0.1) is 0 Å². The van der Waals surface area contributed by atoms with Crippen molar-refractivity contribution >= 4 is 12.2 Å². The van der Waals surface area contributed by atoms with E-state index in [-0.39, 0.29) is 24.7 Å². The highest BCUT2D eigenvalue weighted by molar-refractivity contribution is 5.94. The molecule has 1 aliphatic carbocycles. The number of hydrogen-bond donors (Lipinski definition) is 0. The Morgan fingerprint density at radius 3 is 2.71 bits per heavy atom. The number of aldehydes is 1. The van der Waals surface area contributed by atoms with Gasteiger partial charge in [0, 0.05) is 24.3 Å². The molecule has 2 atom stereocenters. The highest BCUT2D eigenvalue weighted by Gasteiger charge is 2.32. The molecule has 21 heavy (non-hydrogen) atoms. The van der Waals surface area contributed by atoms with Crippen LogP contribution in [0.4, 0.5) is 0 Å². The number of hydrogen-bond acceptors (Lipinski definition) is 4. The van der Waals surface area contributed by atoms with Crippen LogP contribution in [0.5, 0.6) is 0 Å². The molecule has 0 bridgehead atoms. The van der Waals surface area contributed by atoms with Gasteiger partial charge in [-0.1, -0.05) is 0 Å². The van der Waals surface area contributed by atoms with E-state index in [9.17, 15) is 9.59 Å². The Morgan fingerprint density at radius 1 is 1.33 bits per heavy atom. The summed E-state index contributed by atoms with van der Waals surface area (Å²) in [4.78, 5) is 25.4. The van der Waals surface area contributed by atoms with Crippen molar-refractivity contribution in [2.24, 2.45) is 0 Å². The van der Waals surface area contributed by atoms with Crippen LogP contribution in [0.1, 0.15) is 42.0 Å². The topological polar surface area (TPSA) is 64.4 Å². The van der Waals surface area contributed by atoms with Gasteiger partial charge in [0.05, 0.1) is 18.8 Å². The van der Waals surface area contributed by atoms with Crippen molar-refractivity contribution in [3.05, 3.63) is 17.0 Å². The standard InChI is InChI=1S/C15H21N3O3/c1-10-8-17(9-11(2)21-10)15(20)14-12-4-3-5-13(12)18(16-14)6-7-19/h7,10-11H,3-6,8-9H2,1-2H3/t10-,11+. The van der Waals surface area contributed by atoms with E-state index >= 15 is 0 Å². The second kappa shape index (κ2) is 5.60. The number of rotatable bonds is 3. The van der Waals surface area contributed by atoms with E-state index in [2.05, 4.69) is 5.10 Å². The van der Waals surface area contributed by atoms with Gasteiger partial charge in [-0.25, -0.2) is 0 Å². The summed E-state index contributed by atoms with van der Waals surface area (Å²) in [6.45, 7) is 5.37. The fourth-order valence-electron chi connectivity index (χ4n) is 3.40. The summed E-state index contributed by atoms with van der Waals surface area (Å²) in [5.41, 5.74) is 2.62. The van der Waals surface area contributed by atoms with Crippen molar-refractivity contribution in [1.82, 2.24) is 14.7 Å². The molecule has 1 aromatic heterocycles. The lowest BCUT2D eigenvalue weighted by atomic mass is 10.1. The van der Waals surface area contributed by atoms with Crippen LogP contribution in [0.2, 0.25) is 0 Å². The Labute approximate surface area is 124 Å². The summed E-state index contributed by atoms with van der Waals surface area (Å²) in [6.07, 6.45) is 3.73. The molecule has 0 aromatic carbocycles. The van der Waals surface area contributed by atoms with Crippen LogP contribution in [0.3, 0.4) is 0 Å². The van der Waals surface area contributed by atoms with Crippen molar-refractivity contribution in [1.29, 1.82) is 0 Å². The molecule has 0 N–H and O–H groups in total. The van der Waals surface area contributed by atoms with Crippen molar-refractivity contribution < 1.29 is 14.3 Å². The molecular weight excluding hydrogens is 270 g/mol. The smallest absolute Gasteiger partial charge is 0.274 e. The predicted molar refractivity (Wildman–Crippen MR) is 76.2 cm³/mol. The second-order valence-electron chi connectivity index (χ2n) is 5.94. The normalized spacial score (nSPS) is 25.0. The lowest BCUT2D eigenvalue weighted by Crippen LogP contribution is -2.48. The fraction of sp³-hybridized carbons (Fsp3) is 0.667. The SMILES string of the molecule is C[C@@H]1CN(C(=O)c2nn(CC=O)c3c2CCC3)C[C@H](C)O1. The van der Waals surface area contributed by atoms with Gasteiger partial charge in [0.2, 0.25) is 0 Å². The van der Waals surface area contributed by atoms with E-state index in [1.807, 2.05) is 18.7 Å². The molecule has 6 heteroatoms. The quantitative estimate of drug-likeness (QED) is 0.773. The maximum atomic E-state index is 12.8. The molecule has 1 saturated heterocycles. The highest BCUT2D eigenvalue weighted by Crippen LogP contribution is 2.27. The maximum absolute atomic E-state index is 12.8. The van der Waals surface area contributed by atoms with Crippen molar-refractivity contribution in [3.63, 3.8) is 0 Å². The van der Waals surface area contributed by atoms with Gasteiger partial charge in [0.1, 0.15) is 6.29 Å². The molecule has 1 fully saturated rings. The van der Waals surface area contributed by atoms with Crippen LogP contribution in [0.25, 0.3) is 0 Å². The first kappa shape index (κ1) is 14.3. The molecule has 0 unspecified atom stereocenters. The molecule has 1 amide bonds. The van der Waals surface area contributed by atoms with Crippen LogP contribution in [-0.4, -0.2) is 52.2 Å². The Balaban J connectivity index is 1.88. The van der Waals surface area contributed by atoms with Crippen LogP contribution in [-0.2, 0) is 28.9 Å². The minimum atomic E-state index is -0.0280. The number of morpholine rings is 1. The average molecular weight is 291 g/mol. The van der Waals surface area contributed by atoms with E-state index in [1.165, 1.54) is 0 Å². The van der Waals surface area contributed by atoms with Gasteiger partial charge >= 0.3 is 0 Å². The third-order valence-corrected chi connectivity index (χ3v) is 4.16. The zero-order chi connectivity index (χ0) is 15.0. The predicted octanol–water partition coefficient (Wildman–Crippen LogP) is 0.820. The lowest BCUT2D eigenvalue weighted by molar-refractivity contribution is -0.108. The Hall–Kier alpha value is -1.69. The third-order valence-electron chi connectivity index (χ3n) is 4.16. The summed E-state index contributed by atoms with van der Waals surface area (Å²) in [6, 6.07) is 0. The van der Waals surface area contributed by atoms with E-state index in [1.54, 1.807) is 4.68 Å². The molecule has 1 aromatic rings. The van der Waals surface area contributed by atoms with Crippen LogP contribution < -0.4 is 0 Å².